The zero-order valence-electron chi connectivity index (χ0n) is 10.8. The molecule has 0 aromatic heterocycles. The van der Waals surface area contributed by atoms with E-state index in [2.05, 4.69) is 15.0 Å². The van der Waals surface area contributed by atoms with Gasteiger partial charge < -0.3 is 20.3 Å². The second-order valence-electron chi connectivity index (χ2n) is 4.26. The molecule has 0 atom stereocenters. The smallest absolute Gasteiger partial charge is 0.229 e. The number of aromatic hydroxyl groups is 2. The second kappa shape index (κ2) is 5.45. The van der Waals surface area contributed by atoms with Crippen LogP contribution in [-0.4, -0.2) is 50.4 Å². The zero-order valence-corrected chi connectivity index (χ0v) is 11.6. The summed E-state index contributed by atoms with van der Waals surface area (Å²) in [7, 11) is -3.58. The number of hydrogen-bond acceptors (Lipinski definition) is 7. The Kier molecular flexibility index (Phi) is 3.89. The van der Waals surface area contributed by atoms with Crippen LogP contribution in [0.3, 0.4) is 0 Å². The van der Waals surface area contributed by atoms with E-state index in [0.717, 1.165) is 12.8 Å². The van der Waals surface area contributed by atoms with E-state index in [-0.39, 0.29) is 18.0 Å². The van der Waals surface area contributed by atoms with Gasteiger partial charge in [-0.15, -0.1) is 0 Å². The van der Waals surface area contributed by atoms with Gasteiger partial charge in [-0.3, -0.25) is 9.71 Å². The fraction of sp³-hybridized carbons (Fsp3) is 0.364. The predicted octanol–water partition coefficient (Wildman–Crippen LogP) is -0.150. The van der Waals surface area contributed by atoms with E-state index in [9.17, 15) is 18.6 Å². The average molecular weight is 301 g/mol. The molecular weight excluding hydrogens is 286 g/mol. The van der Waals surface area contributed by atoms with Gasteiger partial charge in [0.15, 0.2) is 11.5 Å². The van der Waals surface area contributed by atoms with Gasteiger partial charge in [-0.25, -0.2) is 8.42 Å². The molecule has 110 valence electrons. The minimum absolute atomic E-state index is 0.149. The van der Waals surface area contributed by atoms with Crippen molar-refractivity contribution < 1.29 is 23.4 Å². The number of phenols is 2. The van der Waals surface area contributed by atoms with E-state index >= 15 is 0 Å². The molecule has 0 spiro atoms. The van der Waals surface area contributed by atoms with E-state index in [1.807, 2.05) is 0 Å². The number of ether oxygens (including phenoxy) is 1. The number of phenolic OH excluding ortho intramolecular Hbond substituents is 2. The summed E-state index contributed by atoms with van der Waals surface area (Å²) in [5, 5.41) is 22.2. The summed E-state index contributed by atoms with van der Waals surface area (Å²) < 4.78 is 29.8. The van der Waals surface area contributed by atoms with E-state index in [0.29, 0.717) is 12.4 Å². The Morgan fingerprint density at radius 3 is 2.80 bits per heavy atom. The van der Waals surface area contributed by atoms with Crippen molar-refractivity contribution in [3.05, 3.63) is 12.1 Å². The van der Waals surface area contributed by atoms with E-state index in [4.69, 9.17) is 4.74 Å². The van der Waals surface area contributed by atoms with Crippen LogP contribution >= 0.6 is 0 Å². The number of hydrogen-bond donors (Lipinski definition) is 4. The van der Waals surface area contributed by atoms with Crippen molar-refractivity contribution in [1.82, 2.24) is 5.32 Å². The van der Waals surface area contributed by atoms with Gasteiger partial charge in [0.1, 0.15) is 18.2 Å². The van der Waals surface area contributed by atoms with Crippen LogP contribution in [0.4, 0.5) is 5.69 Å². The van der Waals surface area contributed by atoms with Crippen LogP contribution in [0.2, 0.25) is 0 Å². The topological polar surface area (TPSA) is 120 Å². The van der Waals surface area contributed by atoms with Gasteiger partial charge in [-0.05, 0) is 0 Å². The van der Waals surface area contributed by atoms with Crippen LogP contribution in [-0.2, 0) is 10.0 Å². The molecular formula is C11H15N3O5S. The van der Waals surface area contributed by atoms with Crippen LogP contribution < -0.4 is 14.8 Å². The number of aliphatic imine (C=N–C) groups is 1. The van der Waals surface area contributed by atoms with Crippen molar-refractivity contribution in [2.75, 3.05) is 30.7 Å². The van der Waals surface area contributed by atoms with Gasteiger partial charge in [-0.2, -0.15) is 0 Å². The van der Waals surface area contributed by atoms with Crippen molar-refractivity contribution in [3.8, 4) is 17.2 Å². The molecule has 8 nitrogen and oxygen atoms in total. The second-order valence-corrected chi connectivity index (χ2v) is 6.01. The Balaban J connectivity index is 2.17. The molecule has 4 N–H and O–H groups in total. The number of nitrogens with one attached hydrogen (secondary N) is 2. The Morgan fingerprint density at radius 2 is 2.20 bits per heavy atom. The molecule has 0 fully saturated rings. The monoisotopic (exact) mass is 301 g/mol. The maximum absolute atomic E-state index is 11.2. The number of nitrogens with zero attached hydrogens (tertiary/aromatic N) is 1. The van der Waals surface area contributed by atoms with Crippen molar-refractivity contribution in [2.24, 2.45) is 4.99 Å². The molecule has 0 saturated heterocycles. The molecule has 1 aliphatic rings. The summed E-state index contributed by atoms with van der Waals surface area (Å²) in [5.41, 5.74) is -0.149. The van der Waals surface area contributed by atoms with Crippen LogP contribution in [0.15, 0.2) is 17.1 Å². The minimum atomic E-state index is -3.58. The highest BCUT2D eigenvalue weighted by atomic mass is 32.2. The lowest BCUT2D eigenvalue weighted by atomic mass is 10.2. The van der Waals surface area contributed by atoms with Crippen molar-refractivity contribution in [2.45, 2.75) is 0 Å². The summed E-state index contributed by atoms with van der Waals surface area (Å²) in [6, 6.07) is 2.48. The molecule has 1 aromatic carbocycles. The minimum Gasteiger partial charge on any atom is -0.504 e. The van der Waals surface area contributed by atoms with Crippen molar-refractivity contribution >= 4 is 21.5 Å². The number of rotatable bonds is 5. The molecule has 1 aliphatic heterocycles. The molecule has 20 heavy (non-hydrogen) atoms. The first-order chi connectivity index (χ1) is 9.35. The number of anilines is 1. The van der Waals surface area contributed by atoms with Crippen LogP contribution in [0.5, 0.6) is 17.2 Å². The zero-order chi connectivity index (χ0) is 14.8. The fourth-order valence-electron chi connectivity index (χ4n) is 1.65. The first-order valence-corrected chi connectivity index (χ1v) is 7.68. The highest BCUT2D eigenvalue weighted by molar-refractivity contribution is 7.92. The average Bonchev–Trinajstić information content (AvgIpc) is 2.84. The van der Waals surface area contributed by atoms with Gasteiger partial charge in [-0.1, -0.05) is 0 Å². The summed E-state index contributed by atoms with van der Waals surface area (Å²) in [4.78, 5) is 4.13. The summed E-state index contributed by atoms with van der Waals surface area (Å²) in [5.74, 6) is -0.146. The van der Waals surface area contributed by atoms with Crippen LogP contribution in [0, 0.1) is 0 Å². The third-order valence-electron chi connectivity index (χ3n) is 2.48. The van der Waals surface area contributed by atoms with Gasteiger partial charge in [0, 0.05) is 18.7 Å². The lowest BCUT2D eigenvalue weighted by Crippen LogP contribution is -2.24. The summed E-state index contributed by atoms with van der Waals surface area (Å²) >= 11 is 0. The highest BCUT2D eigenvalue weighted by Crippen LogP contribution is 2.37. The van der Waals surface area contributed by atoms with Crippen LogP contribution in [0.25, 0.3) is 0 Å². The van der Waals surface area contributed by atoms with E-state index < -0.39 is 21.5 Å². The Morgan fingerprint density at radius 1 is 1.45 bits per heavy atom. The third kappa shape index (κ3) is 3.67. The lowest BCUT2D eigenvalue weighted by molar-refractivity contribution is 0.363. The van der Waals surface area contributed by atoms with E-state index in [1.54, 1.807) is 0 Å². The van der Waals surface area contributed by atoms with Crippen molar-refractivity contribution in [3.63, 3.8) is 0 Å². The van der Waals surface area contributed by atoms with Gasteiger partial charge in [0.25, 0.3) is 0 Å². The summed E-state index contributed by atoms with van der Waals surface area (Å²) in [6.45, 7) is 1.60. The molecule has 0 saturated carbocycles. The lowest BCUT2D eigenvalue weighted by Gasteiger charge is -2.12. The molecule has 2 rings (SSSR count). The Labute approximate surface area is 116 Å². The highest BCUT2D eigenvalue weighted by Gasteiger charge is 2.14. The predicted molar refractivity (Wildman–Crippen MR) is 74.0 cm³/mol. The number of amidine groups is 1. The Bertz CT molecular complexity index is 642. The van der Waals surface area contributed by atoms with Crippen LogP contribution in [0.1, 0.15) is 0 Å². The molecule has 0 unspecified atom stereocenters. The van der Waals surface area contributed by atoms with Gasteiger partial charge in [0.2, 0.25) is 10.0 Å². The maximum atomic E-state index is 11.2. The molecule has 0 aliphatic carbocycles. The standard InChI is InChI=1S/C11H15N3O5S/c1-20(17,18)14-8-4-7(5-9(15)11(8)16)19-6-10-12-2-3-13-10/h4-5,14-16H,2-3,6H2,1H3,(H,12,13). The molecule has 0 bridgehead atoms. The largest absolute Gasteiger partial charge is 0.504 e. The number of benzene rings is 1. The van der Waals surface area contributed by atoms with E-state index in [1.165, 1.54) is 12.1 Å². The molecule has 1 heterocycles. The maximum Gasteiger partial charge on any atom is 0.229 e. The quantitative estimate of drug-likeness (QED) is 0.561. The molecule has 0 amide bonds. The molecule has 9 heteroatoms. The fourth-order valence-corrected chi connectivity index (χ4v) is 2.20. The number of sulfonamides is 1. The molecule has 1 aromatic rings. The SMILES string of the molecule is CS(=O)(=O)Nc1cc(OCC2=NCCN2)cc(O)c1O. The van der Waals surface area contributed by atoms with Crippen molar-refractivity contribution in [1.29, 1.82) is 0 Å². The molecule has 0 radical (unpaired) electrons. The van der Waals surface area contributed by atoms with Gasteiger partial charge >= 0.3 is 0 Å². The van der Waals surface area contributed by atoms with Gasteiger partial charge in [0.05, 0.1) is 18.5 Å². The summed E-state index contributed by atoms with van der Waals surface area (Å²) in [6.07, 6.45) is 0.939. The first-order valence-electron chi connectivity index (χ1n) is 5.79. The first kappa shape index (κ1) is 14.3. The third-order valence-corrected chi connectivity index (χ3v) is 3.07. The Hall–Kier alpha value is -2.16. The normalized spacial score (nSPS) is 14.6.